The molecule has 0 aromatic rings. The van der Waals surface area contributed by atoms with Crippen molar-refractivity contribution in [3.05, 3.63) is 12.7 Å². The van der Waals surface area contributed by atoms with Crippen LogP contribution in [0.15, 0.2) is 12.7 Å². The molecule has 1 rings (SSSR count). The number of esters is 1. The molecule has 2 atom stereocenters. The van der Waals surface area contributed by atoms with Crippen molar-refractivity contribution in [2.24, 2.45) is 5.92 Å². The van der Waals surface area contributed by atoms with Gasteiger partial charge in [-0.3, -0.25) is 0 Å². The van der Waals surface area contributed by atoms with E-state index >= 15 is 0 Å². The van der Waals surface area contributed by atoms with Crippen molar-refractivity contribution < 1.29 is 40.6 Å². The van der Waals surface area contributed by atoms with E-state index in [0.717, 1.165) is 13.8 Å². The van der Waals surface area contributed by atoms with E-state index in [0.29, 0.717) is 6.08 Å². The minimum absolute atomic E-state index is 0.627. The first-order valence-corrected chi connectivity index (χ1v) is 5.48. The summed E-state index contributed by atoms with van der Waals surface area (Å²) < 4.78 is 85.8. The molecule has 0 aromatic carbocycles. The van der Waals surface area contributed by atoms with E-state index < -0.39 is 42.0 Å². The number of alkyl halides is 6. The van der Waals surface area contributed by atoms with Gasteiger partial charge in [0.05, 0.1) is 0 Å². The van der Waals surface area contributed by atoms with Crippen molar-refractivity contribution >= 4 is 5.97 Å². The maximum atomic E-state index is 12.8. The van der Waals surface area contributed by atoms with Crippen LogP contribution in [-0.2, 0) is 14.3 Å². The minimum Gasteiger partial charge on any atom is -0.430 e. The van der Waals surface area contributed by atoms with Crippen molar-refractivity contribution in [3.63, 3.8) is 0 Å². The summed E-state index contributed by atoms with van der Waals surface area (Å²) in [5.41, 5.74) is -4.35. The quantitative estimate of drug-likeness (QED) is 0.446. The van der Waals surface area contributed by atoms with Crippen LogP contribution in [0.4, 0.5) is 26.3 Å². The van der Waals surface area contributed by atoms with E-state index in [9.17, 15) is 31.1 Å². The zero-order chi connectivity index (χ0) is 16.0. The Bertz CT molecular complexity index is 399. The van der Waals surface area contributed by atoms with Crippen molar-refractivity contribution in [2.75, 3.05) is 0 Å². The predicted molar refractivity (Wildman–Crippen MR) is 54.4 cm³/mol. The molecule has 0 N–H and O–H groups in total. The Balaban J connectivity index is 3.23. The van der Waals surface area contributed by atoms with E-state index in [1.807, 2.05) is 0 Å². The summed E-state index contributed by atoms with van der Waals surface area (Å²) in [7, 11) is 0. The Kier molecular flexibility index (Phi) is 3.90. The van der Waals surface area contributed by atoms with Gasteiger partial charge < -0.3 is 9.47 Å². The summed E-state index contributed by atoms with van der Waals surface area (Å²) in [6.07, 6.45) is -12.1. The number of carbonyl (C=O) groups excluding carboxylic acids is 1. The molecule has 0 radical (unpaired) electrons. The fraction of sp³-hybridized carbons (Fsp3) is 0.727. The molecule has 20 heavy (non-hydrogen) atoms. The molecule has 1 aliphatic heterocycles. The highest BCUT2D eigenvalue weighted by Crippen LogP contribution is 2.57. The third-order valence-electron chi connectivity index (χ3n) is 3.25. The number of hydrogen-bond donors (Lipinski definition) is 0. The highest BCUT2D eigenvalue weighted by Gasteiger charge is 2.78. The second-order valence-corrected chi connectivity index (χ2v) is 4.67. The Hall–Kier alpha value is -1.25. The Morgan fingerprint density at radius 3 is 2.05 bits per heavy atom. The maximum Gasteiger partial charge on any atom is 0.426 e. The summed E-state index contributed by atoms with van der Waals surface area (Å²) >= 11 is 0. The number of ether oxygens (including phenoxy) is 2. The number of rotatable bonds is 2. The van der Waals surface area contributed by atoms with Gasteiger partial charge in [-0.1, -0.05) is 13.5 Å². The molecule has 3 nitrogen and oxygen atoms in total. The van der Waals surface area contributed by atoms with E-state index in [2.05, 4.69) is 16.1 Å². The topological polar surface area (TPSA) is 35.5 Å². The van der Waals surface area contributed by atoms with Crippen molar-refractivity contribution in [1.82, 2.24) is 0 Å². The Morgan fingerprint density at radius 1 is 1.30 bits per heavy atom. The zero-order valence-electron chi connectivity index (χ0n) is 10.6. The van der Waals surface area contributed by atoms with E-state index in [4.69, 9.17) is 0 Å². The van der Waals surface area contributed by atoms with Crippen LogP contribution in [0.25, 0.3) is 0 Å². The zero-order valence-corrected chi connectivity index (χ0v) is 10.6. The third-order valence-corrected chi connectivity index (χ3v) is 3.25. The van der Waals surface area contributed by atoms with Crippen LogP contribution in [0.5, 0.6) is 0 Å². The third kappa shape index (κ3) is 2.50. The van der Waals surface area contributed by atoms with Gasteiger partial charge in [0.1, 0.15) is 0 Å². The van der Waals surface area contributed by atoms with Gasteiger partial charge in [-0.2, -0.15) is 26.3 Å². The molecule has 0 bridgehead atoms. The first-order valence-electron chi connectivity index (χ1n) is 5.48. The lowest BCUT2D eigenvalue weighted by atomic mass is 9.91. The van der Waals surface area contributed by atoms with Crippen molar-refractivity contribution in [1.29, 1.82) is 0 Å². The molecule has 116 valence electrons. The SMILES string of the molecule is C=CC(=O)OC1(C)OC(C(F)(F)F)(C(F)(F)F)CC1C. The van der Waals surface area contributed by atoms with Gasteiger partial charge in [0.15, 0.2) is 0 Å². The normalized spacial score (nSPS) is 30.1. The monoisotopic (exact) mass is 306 g/mol. The highest BCUT2D eigenvalue weighted by atomic mass is 19.4. The average molecular weight is 306 g/mol. The minimum atomic E-state index is -5.68. The van der Waals surface area contributed by atoms with Gasteiger partial charge in [-0.15, -0.1) is 0 Å². The Morgan fingerprint density at radius 2 is 1.75 bits per heavy atom. The summed E-state index contributed by atoms with van der Waals surface area (Å²) in [5, 5.41) is 0. The highest BCUT2D eigenvalue weighted by molar-refractivity contribution is 5.81. The molecule has 1 fully saturated rings. The van der Waals surface area contributed by atoms with E-state index in [1.165, 1.54) is 0 Å². The molecule has 2 unspecified atom stereocenters. The predicted octanol–water partition coefficient (Wildman–Crippen LogP) is 3.35. The molecule has 1 aliphatic rings. The number of carbonyl (C=O) groups is 1. The lowest BCUT2D eigenvalue weighted by molar-refractivity contribution is -0.400. The molecule has 0 aliphatic carbocycles. The van der Waals surface area contributed by atoms with Crippen LogP contribution < -0.4 is 0 Å². The molecule has 0 spiro atoms. The molecule has 9 heteroatoms. The van der Waals surface area contributed by atoms with Crippen molar-refractivity contribution in [2.45, 2.75) is 44.0 Å². The number of hydrogen-bond acceptors (Lipinski definition) is 3. The summed E-state index contributed by atoms with van der Waals surface area (Å²) in [5.74, 6) is -4.81. The van der Waals surface area contributed by atoms with Crippen LogP contribution >= 0.6 is 0 Å². The average Bonchev–Trinajstić information content (AvgIpc) is 2.51. The van der Waals surface area contributed by atoms with Crippen molar-refractivity contribution in [3.8, 4) is 0 Å². The lowest BCUT2D eigenvalue weighted by Crippen LogP contribution is -2.58. The van der Waals surface area contributed by atoms with E-state index in [1.54, 1.807) is 0 Å². The molecule has 0 aromatic heterocycles. The van der Waals surface area contributed by atoms with Gasteiger partial charge in [-0.05, 0) is 0 Å². The second kappa shape index (κ2) is 4.64. The molecule has 0 saturated carbocycles. The van der Waals surface area contributed by atoms with Gasteiger partial charge >= 0.3 is 18.3 Å². The molecule has 1 saturated heterocycles. The van der Waals surface area contributed by atoms with Crippen LogP contribution in [0.2, 0.25) is 0 Å². The summed E-state index contributed by atoms with van der Waals surface area (Å²) in [4.78, 5) is 11.0. The number of halogens is 6. The maximum absolute atomic E-state index is 12.8. The fourth-order valence-corrected chi connectivity index (χ4v) is 1.98. The van der Waals surface area contributed by atoms with Gasteiger partial charge in [-0.25, -0.2) is 4.79 Å². The van der Waals surface area contributed by atoms with E-state index in [-0.39, 0.29) is 0 Å². The van der Waals surface area contributed by atoms with Gasteiger partial charge in [0.2, 0.25) is 5.79 Å². The second-order valence-electron chi connectivity index (χ2n) is 4.67. The summed E-state index contributed by atoms with van der Waals surface area (Å²) in [6.45, 7) is 4.96. The van der Waals surface area contributed by atoms with Crippen LogP contribution in [0, 0.1) is 5.92 Å². The Labute approximate surface area is 110 Å². The standard InChI is InChI=1S/C11H12F6O3/c1-4-7(18)19-8(3)6(2)5-9(20-8,10(12,13)14)11(15,16)17/h4,6H,1,5H2,2-3H3. The first-order chi connectivity index (χ1) is 8.79. The molecular formula is C11H12F6O3. The lowest BCUT2D eigenvalue weighted by Gasteiger charge is -2.35. The largest absolute Gasteiger partial charge is 0.430 e. The first kappa shape index (κ1) is 16.8. The van der Waals surface area contributed by atoms with Crippen LogP contribution in [0.3, 0.4) is 0 Å². The van der Waals surface area contributed by atoms with Gasteiger partial charge in [0, 0.05) is 25.3 Å². The fourth-order valence-electron chi connectivity index (χ4n) is 1.98. The van der Waals surface area contributed by atoms with Crippen LogP contribution in [0.1, 0.15) is 20.3 Å². The smallest absolute Gasteiger partial charge is 0.426 e. The summed E-state index contributed by atoms with van der Waals surface area (Å²) in [6, 6.07) is 0. The van der Waals surface area contributed by atoms with Gasteiger partial charge in [0.25, 0.3) is 5.60 Å². The molecule has 1 heterocycles. The van der Waals surface area contributed by atoms with Crippen LogP contribution in [-0.4, -0.2) is 29.7 Å². The molecule has 0 amide bonds. The molecular weight excluding hydrogens is 294 g/mol.